The molecule has 1 fully saturated rings. The molecule has 24 heavy (non-hydrogen) atoms. The highest BCUT2D eigenvalue weighted by Gasteiger charge is 2.34. The van der Waals surface area contributed by atoms with Gasteiger partial charge in [0, 0.05) is 12.7 Å². The van der Waals surface area contributed by atoms with Crippen molar-refractivity contribution in [2.45, 2.75) is 65.5 Å². The quantitative estimate of drug-likeness (QED) is 0.778. The summed E-state index contributed by atoms with van der Waals surface area (Å²) < 4.78 is 6.89. The first-order valence-corrected chi connectivity index (χ1v) is 9.06. The number of ether oxygens (including phenoxy) is 1. The van der Waals surface area contributed by atoms with Gasteiger partial charge in [-0.3, -0.25) is 9.48 Å². The Morgan fingerprint density at radius 1 is 1.33 bits per heavy atom. The molecule has 1 saturated carbocycles. The molecule has 0 spiro atoms. The molecule has 1 aromatic heterocycles. The Labute approximate surface area is 143 Å². The number of rotatable bonds is 7. The molecule has 6 nitrogen and oxygen atoms in total. The summed E-state index contributed by atoms with van der Waals surface area (Å²) in [5, 5.41) is 7.09. The summed E-state index contributed by atoms with van der Waals surface area (Å²) in [6.07, 6.45) is 6.57. The van der Waals surface area contributed by atoms with Crippen LogP contribution in [0, 0.1) is 11.8 Å². The number of carbonyl (C=O) groups excluding carboxylic acids is 2. The summed E-state index contributed by atoms with van der Waals surface area (Å²) in [4.78, 5) is 25.0. The highest BCUT2D eigenvalue weighted by atomic mass is 16.5. The number of hydrogen-bond acceptors (Lipinski definition) is 4. The van der Waals surface area contributed by atoms with Gasteiger partial charge in [-0.2, -0.15) is 5.10 Å². The van der Waals surface area contributed by atoms with Crippen molar-refractivity contribution < 1.29 is 14.3 Å². The van der Waals surface area contributed by atoms with Crippen molar-refractivity contribution in [2.24, 2.45) is 11.8 Å². The summed E-state index contributed by atoms with van der Waals surface area (Å²) in [7, 11) is 0. The predicted molar refractivity (Wildman–Crippen MR) is 91.5 cm³/mol. The third kappa shape index (κ3) is 4.58. The van der Waals surface area contributed by atoms with Crippen molar-refractivity contribution in [3.63, 3.8) is 0 Å². The van der Waals surface area contributed by atoms with E-state index in [0.29, 0.717) is 24.8 Å². The molecule has 0 bridgehead atoms. The minimum atomic E-state index is -0.574. The van der Waals surface area contributed by atoms with Gasteiger partial charge in [0.2, 0.25) is 0 Å². The maximum Gasteiger partial charge on any atom is 0.328 e. The molecule has 1 N–H and O–H groups in total. The van der Waals surface area contributed by atoms with E-state index in [-0.39, 0.29) is 17.8 Å². The van der Waals surface area contributed by atoms with Gasteiger partial charge in [-0.25, -0.2) is 4.79 Å². The fraction of sp³-hybridized carbons (Fsp3) is 0.722. The van der Waals surface area contributed by atoms with Crippen molar-refractivity contribution in [3.8, 4) is 0 Å². The van der Waals surface area contributed by atoms with Crippen LogP contribution < -0.4 is 5.32 Å². The Bertz CT molecular complexity index is 547. The van der Waals surface area contributed by atoms with Crippen molar-refractivity contribution in [3.05, 3.63) is 18.0 Å². The molecule has 1 amide bonds. The first-order valence-electron chi connectivity index (χ1n) is 9.06. The van der Waals surface area contributed by atoms with Crippen molar-refractivity contribution >= 4 is 11.9 Å². The standard InChI is InChI=1S/C18H29N3O3/c1-4-12-21-15(10-11-19-21)17(22)20-16(18(23)24-5-2)14-8-6-13(3)7-9-14/h10-11,13-14,16H,4-9,12H2,1-3H3,(H,20,22). The van der Waals surface area contributed by atoms with E-state index in [9.17, 15) is 9.59 Å². The zero-order chi connectivity index (χ0) is 17.5. The van der Waals surface area contributed by atoms with Crippen LogP contribution in [0.25, 0.3) is 0 Å². The van der Waals surface area contributed by atoms with Crippen LogP contribution in [0.15, 0.2) is 12.3 Å². The monoisotopic (exact) mass is 335 g/mol. The second-order valence-corrected chi connectivity index (χ2v) is 6.66. The normalized spacial score (nSPS) is 22.0. The largest absolute Gasteiger partial charge is 0.464 e. The average Bonchev–Trinajstić information content (AvgIpc) is 3.02. The lowest BCUT2D eigenvalue weighted by Gasteiger charge is -2.31. The lowest BCUT2D eigenvalue weighted by atomic mass is 9.79. The molecule has 1 atom stereocenters. The topological polar surface area (TPSA) is 73.2 Å². The van der Waals surface area contributed by atoms with Crippen molar-refractivity contribution in [2.75, 3.05) is 6.61 Å². The van der Waals surface area contributed by atoms with Gasteiger partial charge in [-0.05, 0) is 44.1 Å². The molecular weight excluding hydrogens is 306 g/mol. The number of carbonyl (C=O) groups is 2. The van der Waals surface area contributed by atoms with Gasteiger partial charge in [0.05, 0.1) is 6.61 Å². The van der Waals surface area contributed by atoms with Gasteiger partial charge in [-0.1, -0.05) is 26.7 Å². The minimum Gasteiger partial charge on any atom is -0.464 e. The average molecular weight is 335 g/mol. The molecule has 1 heterocycles. The second kappa shape index (κ2) is 8.85. The van der Waals surface area contributed by atoms with Gasteiger partial charge >= 0.3 is 5.97 Å². The lowest BCUT2D eigenvalue weighted by molar-refractivity contribution is -0.147. The summed E-state index contributed by atoms with van der Waals surface area (Å²) in [5.74, 6) is 0.252. The number of aromatic nitrogens is 2. The predicted octanol–water partition coefficient (Wildman–Crippen LogP) is 2.78. The van der Waals surface area contributed by atoms with Gasteiger partial charge in [-0.15, -0.1) is 0 Å². The SMILES string of the molecule is CCCn1nccc1C(=O)NC(C(=O)OCC)C1CCC(C)CC1. The smallest absolute Gasteiger partial charge is 0.328 e. The summed E-state index contributed by atoms with van der Waals surface area (Å²) in [5.41, 5.74) is 0.496. The fourth-order valence-corrected chi connectivity index (χ4v) is 3.35. The van der Waals surface area contributed by atoms with Crippen LogP contribution in [-0.2, 0) is 16.1 Å². The number of nitrogens with one attached hydrogen (secondary N) is 1. The number of aryl methyl sites for hydroxylation is 1. The second-order valence-electron chi connectivity index (χ2n) is 6.66. The van der Waals surface area contributed by atoms with Gasteiger partial charge in [0.1, 0.15) is 11.7 Å². The molecule has 0 aliphatic heterocycles. The maximum absolute atomic E-state index is 12.6. The van der Waals surface area contributed by atoms with E-state index in [2.05, 4.69) is 17.3 Å². The van der Waals surface area contributed by atoms with E-state index in [1.807, 2.05) is 6.92 Å². The fourth-order valence-electron chi connectivity index (χ4n) is 3.35. The molecule has 1 aromatic rings. The molecule has 134 valence electrons. The van der Waals surface area contributed by atoms with E-state index in [0.717, 1.165) is 32.1 Å². The molecule has 0 saturated heterocycles. The molecular formula is C18H29N3O3. The van der Waals surface area contributed by atoms with E-state index < -0.39 is 6.04 Å². The van der Waals surface area contributed by atoms with Crippen LogP contribution in [0.1, 0.15) is 63.4 Å². The first kappa shape index (κ1) is 18.5. The van der Waals surface area contributed by atoms with Crippen LogP contribution in [0.3, 0.4) is 0 Å². The Balaban J connectivity index is 2.10. The van der Waals surface area contributed by atoms with Crippen LogP contribution in [0.5, 0.6) is 0 Å². The van der Waals surface area contributed by atoms with Crippen LogP contribution >= 0.6 is 0 Å². The highest BCUT2D eigenvalue weighted by Crippen LogP contribution is 2.31. The molecule has 1 aliphatic carbocycles. The van der Waals surface area contributed by atoms with Crippen LogP contribution in [0.2, 0.25) is 0 Å². The van der Waals surface area contributed by atoms with E-state index in [1.165, 1.54) is 0 Å². The van der Waals surface area contributed by atoms with E-state index >= 15 is 0 Å². The first-order chi connectivity index (χ1) is 11.6. The lowest BCUT2D eigenvalue weighted by Crippen LogP contribution is -2.48. The Morgan fingerprint density at radius 3 is 2.67 bits per heavy atom. The molecule has 1 aliphatic rings. The number of hydrogen-bond donors (Lipinski definition) is 1. The van der Waals surface area contributed by atoms with E-state index in [4.69, 9.17) is 4.74 Å². The van der Waals surface area contributed by atoms with Gasteiger partial charge < -0.3 is 10.1 Å². The van der Waals surface area contributed by atoms with Crippen LogP contribution in [0.4, 0.5) is 0 Å². The third-order valence-corrected chi connectivity index (χ3v) is 4.74. The Morgan fingerprint density at radius 2 is 2.04 bits per heavy atom. The highest BCUT2D eigenvalue weighted by molar-refractivity contribution is 5.95. The minimum absolute atomic E-state index is 0.145. The molecule has 2 rings (SSSR count). The number of nitrogens with zero attached hydrogens (tertiary/aromatic N) is 2. The van der Waals surface area contributed by atoms with Crippen molar-refractivity contribution in [1.29, 1.82) is 0 Å². The molecule has 6 heteroatoms. The van der Waals surface area contributed by atoms with Gasteiger partial charge in [0.25, 0.3) is 5.91 Å². The van der Waals surface area contributed by atoms with Crippen molar-refractivity contribution in [1.82, 2.24) is 15.1 Å². The van der Waals surface area contributed by atoms with E-state index in [1.54, 1.807) is 23.9 Å². The summed E-state index contributed by atoms with van der Waals surface area (Å²) in [6.45, 7) is 7.06. The number of amides is 1. The Hall–Kier alpha value is -1.85. The number of esters is 1. The molecule has 1 unspecified atom stereocenters. The summed E-state index contributed by atoms with van der Waals surface area (Å²) in [6, 6.07) is 1.12. The Kier molecular flexibility index (Phi) is 6.82. The van der Waals surface area contributed by atoms with Gasteiger partial charge in [0.15, 0.2) is 0 Å². The molecule has 0 aromatic carbocycles. The third-order valence-electron chi connectivity index (χ3n) is 4.74. The zero-order valence-corrected chi connectivity index (χ0v) is 15.0. The maximum atomic E-state index is 12.6. The molecule has 0 radical (unpaired) electrons. The van der Waals surface area contributed by atoms with Crippen LogP contribution in [-0.4, -0.2) is 34.3 Å². The zero-order valence-electron chi connectivity index (χ0n) is 15.0. The summed E-state index contributed by atoms with van der Waals surface area (Å²) >= 11 is 0.